The molecule has 4 heterocycles. The van der Waals surface area contributed by atoms with Crippen LogP contribution in [0.15, 0.2) is 73.2 Å². The number of anilines is 2. The molecule has 0 bridgehead atoms. The van der Waals surface area contributed by atoms with Gasteiger partial charge in [-0.2, -0.15) is 0 Å². The van der Waals surface area contributed by atoms with Crippen LogP contribution in [0.2, 0.25) is 0 Å². The Morgan fingerprint density at radius 3 is 2.77 bits per heavy atom. The maximum atomic E-state index is 4.80. The van der Waals surface area contributed by atoms with E-state index in [0.29, 0.717) is 6.04 Å². The minimum atomic E-state index is 0.350. The van der Waals surface area contributed by atoms with Crippen LogP contribution in [0.3, 0.4) is 0 Å². The van der Waals surface area contributed by atoms with Crippen molar-refractivity contribution in [1.82, 2.24) is 19.9 Å². The van der Waals surface area contributed by atoms with Crippen molar-refractivity contribution >= 4 is 22.4 Å². The molecule has 1 aliphatic heterocycles. The molecule has 4 aromatic rings. The standard InChI is InChI=1S/C25H25N5/c1-18-6-4-13-27-25(18)29-20-10-11-23(28-16-20)24-9-5-15-30(24)17-19-12-14-26-22-8-3-2-7-21(19)22/h2-4,6-8,10-14,16,24H,5,9,15,17H2,1H3,(H,27,29)/t24-/m0/s1. The first-order valence-corrected chi connectivity index (χ1v) is 10.5. The molecular formula is C25H25N5. The van der Waals surface area contributed by atoms with Crippen molar-refractivity contribution in [2.45, 2.75) is 32.4 Å². The van der Waals surface area contributed by atoms with Gasteiger partial charge in [0.2, 0.25) is 0 Å². The molecule has 0 amide bonds. The lowest BCUT2D eigenvalue weighted by Crippen LogP contribution is -2.23. The summed E-state index contributed by atoms with van der Waals surface area (Å²) < 4.78 is 0. The van der Waals surface area contributed by atoms with E-state index in [9.17, 15) is 0 Å². The molecule has 1 N–H and O–H groups in total. The van der Waals surface area contributed by atoms with Gasteiger partial charge in [0.25, 0.3) is 0 Å². The summed E-state index contributed by atoms with van der Waals surface area (Å²) in [4.78, 5) is 16.2. The number of aryl methyl sites for hydroxylation is 1. The van der Waals surface area contributed by atoms with Gasteiger partial charge in [-0.3, -0.25) is 14.9 Å². The van der Waals surface area contributed by atoms with Crippen LogP contribution in [-0.2, 0) is 6.54 Å². The predicted molar refractivity (Wildman–Crippen MR) is 121 cm³/mol. The van der Waals surface area contributed by atoms with Gasteiger partial charge < -0.3 is 5.32 Å². The number of aromatic nitrogens is 3. The molecule has 1 atom stereocenters. The van der Waals surface area contributed by atoms with Crippen LogP contribution in [0.4, 0.5) is 11.5 Å². The summed E-state index contributed by atoms with van der Waals surface area (Å²) in [7, 11) is 0. The van der Waals surface area contributed by atoms with Crippen LogP contribution in [0.5, 0.6) is 0 Å². The van der Waals surface area contributed by atoms with Gasteiger partial charge in [-0.05, 0) is 67.8 Å². The fourth-order valence-electron chi connectivity index (χ4n) is 4.29. The third-order valence-electron chi connectivity index (χ3n) is 5.88. The molecule has 0 unspecified atom stereocenters. The summed E-state index contributed by atoms with van der Waals surface area (Å²) in [6, 6.07) is 19.1. The third-order valence-corrected chi connectivity index (χ3v) is 5.88. The molecule has 1 aliphatic rings. The van der Waals surface area contributed by atoms with E-state index in [-0.39, 0.29) is 0 Å². The zero-order chi connectivity index (χ0) is 20.3. The number of hydrogen-bond donors (Lipinski definition) is 1. The highest BCUT2D eigenvalue weighted by Crippen LogP contribution is 2.33. The van der Waals surface area contributed by atoms with E-state index >= 15 is 0 Å². The van der Waals surface area contributed by atoms with E-state index in [4.69, 9.17) is 4.98 Å². The molecule has 5 nitrogen and oxygen atoms in total. The summed E-state index contributed by atoms with van der Waals surface area (Å²) in [5.74, 6) is 0.874. The van der Waals surface area contributed by atoms with Crippen LogP contribution in [0.25, 0.3) is 10.9 Å². The molecule has 0 spiro atoms. The smallest absolute Gasteiger partial charge is 0.133 e. The molecule has 1 aromatic carbocycles. The van der Waals surface area contributed by atoms with E-state index < -0.39 is 0 Å². The minimum absolute atomic E-state index is 0.350. The Balaban J connectivity index is 1.34. The number of rotatable bonds is 5. The summed E-state index contributed by atoms with van der Waals surface area (Å²) in [5, 5.41) is 4.61. The summed E-state index contributed by atoms with van der Waals surface area (Å²) in [6.07, 6.45) is 7.98. The second-order valence-electron chi connectivity index (χ2n) is 7.88. The Morgan fingerprint density at radius 1 is 0.967 bits per heavy atom. The molecule has 0 saturated carbocycles. The molecule has 30 heavy (non-hydrogen) atoms. The number of nitrogens with zero attached hydrogens (tertiary/aromatic N) is 4. The first kappa shape index (κ1) is 18.7. The molecule has 0 radical (unpaired) electrons. The van der Waals surface area contributed by atoms with E-state index in [1.165, 1.54) is 17.4 Å². The second-order valence-corrected chi connectivity index (χ2v) is 7.88. The van der Waals surface area contributed by atoms with Crippen molar-refractivity contribution < 1.29 is 0 Å². The number of benzene rings is 1. The van der Waals surface area contributed by atoms with Gasteiger partial charge in [0.15, 0.2) is 0 Å². The van der Waals surface area contributed by atoms with Gasteiger partial charge in [-0.15, -0.1) is 0 Å². The van der Waals surface area contributed by atoms with E-state index in [1.807, 2.05) is 24.5 Å². The average Bonchev–Trinajstić information content (AvgIpc) is 3.24. The molecule has 1 fully saturated rings. The number of hydrogen-bond acceptors (Lipinski definition) is 5. The average molecular weight is 396 g/mol. The van der Waals surface area contributed by atoms with Crippen LogP contribution in [0.1, 0.15) is 35.7 Å². The number of para-hydroxylation sites is 1. The molecule has 5 rings (SSSR count). The Kier molecular flexibility index (Phi) is 5.11. The Labute approximate surface area is 176 Å². The topological polar surface area (TPSA) is 53.9 Å². The molecule has 0 aliphatic carbocycles. The highest BCUT2D eigenvalue weighted by molar-refractivity contribution is 5.81. The second kappa shape index (κ2) is 8.20. The SMILES string of the molecule is Cc1cccnc1Nc1ccc([C@@H]2CCCN2Cc2ccnc3ccccc23)nc1. The van der Waals surface area contributed by atoms with Crippen molar-refractivity contribution in [3.8, 4) is 0 Å². The highest BCUT2D eigenvalue weighted by atomic mass is 15.2. The van der Waals surface area contributed by atoms with Crippen LogP contribution in [0, 0.1) is 6.92 Å². The van der Waals surface area contributed by atoms with Gasteiger partial charge in [-0.1, -0.05) is 24.3 Å². The number of likely N-dealkylation sites (tertiary alicyclic amines) is 1. The number of nitrogens with one attached hydrogen (secondary N) is 1. The van der Waals surface area contributed by atoms with Crippen molar-refractivity contribution in [2.24, 2.45) is 0 Å². The molecule has 1 saturated heterocycles. The Hall–Kier alpha value is -3.31. The summed E-state index contributed by atoms with van der Waals surface area (Å²) >= 11 is 0. The molecule has 3 aromatic heterocycles. The predicted octanol–water partition coefficient (Wildman–Crippen LogP) is 5.41. The minimum Gasteiger partial charge on any atom is -0.339 e. The van der Waals surface area contributed by atoms with Crippen LogP contribution < -0.4 is 5.32 Å². The number of fused-ring (bicyclic) bond motifs is 1. The molecule has 5 heteroatoms. The van der Waals surface area contributed by atoms with Crippen molar-refractivity contribution in [1.29, 1.82) is 0 Å². The molecular weight excluding hydrogens is 370 g/mol. The van der Waals surface area contributed by atoms with Crippen molar-refractivity contribution in [3.63, 3.8) is 0 Å². The fraction of sp³-hybridized carbons (Fsp3) is 0.240. The molecule has 150 valence electrons. The Bertz CT molecular complexity index is 1150. The highest BCUT2D eigenvalue weighted by Gasteiger charge is 2.27. The number of pyridine rings is 3. The van der Waals surface area contributed by atoms with Gasteiger partial charge in [0.1, 0.15) is 5.82 Å². The van der Waals surface area contributed by atoms with Crippen molar-refractivity contribution in [3.05, 3.63) is 90.0 Å². The lowest BCUT2D eigenvalue weighted by atomic mass is 10.1. The van der Waals surface area contributed by atoms with Gasteiger partial charge in [0.05, 0.1) is 29.1 Å². The van der Waals surface area contributed by atoms with Crippen LogP contribution in [-0.4, -0.2) is 26.4 Å². The first-order valence-electron chi connectivity index (χ1n) is 10.5. The van der Waals surface area contributed by atoms with E-state index in [2.05, 4.69) is 69.6 Å². The third kappa shape index (κ3) is 3.76. The quantitative estimate of drug-likeness (QED) is 0.489. The zero-order valence-electron chi connectivity index (χ0n) is 17.1. The van der Waals surface area contributed by atoms with Crippen molar-refractivity contribution in [2.75, 3.05) is 11.9 Å². The maximum absolute atomic E-state index is 4.80. The maximum Gasteiger partial charge on any atom is 0.133 e. The van der Waals surface area contributed by atoms with Gasteiger partial charge >= 0.3 is 0 Å². The van der Waals surface area contributed by atoms with Gasteiger partial charge in [-0.25, -0.2) is 4.98 Å². The van der Waals surface area contributed by atoms with Gasteiger partial charge in [0, 0.05) is 24.3 Å². The lowest BCUT2D eigenvalue weighted by molar-refractivity contribution is 0.245. The summed E-state index contributed by atoms with van der Waals surface area (Å²) in [5.41, 5.74) is 5.60. The largest absolute Gasteiger partial charge is 0.339 e. The van der Waals surface area contributed by atoms with Crippen LogP contribution >= 0.6 is 0 Å². The first-order chi connectivity index (χ1) is 14.8. The van der Waals surface area contributed by atoms with E-state index in [1.54, 1.807) is 6.20 Å². The fourth-order valence-corrected chi connectivity index (χ4v) is 4.29. The zero-order valence-corrected chi connectivity index (χ0v) is 17.1. The lowest BCUT2D eigenvalue weighted by Gasteiger charge is -2.25. The van der Waals surface area contributed by atoms with E-state index in [0.717, 1.165) is 47.8 Å². The normalized spacial score (nSPS) is 16.8. The monoisotopic (exact) mass is 395 g/mol. The summed E-state index contributed by atoms with van der Waals surface area (Å²) in [6.45, 7) is 4.06. The Morgan fingerprint density at radius 2 is 1.90 bits per heavy atom.